The monoisotopic (exact) mass is 498 g/mol. The molecule has 37 heavy (non-hydrogen) atoms. The van der Waals surface area contributed by atoms with Gasteiger partial charge in [0.05, 0.1) is 25.5 Å². The van der Waals surface area contributed by atoms with Crippen molar-refractivity contribution in [2.24, 2.45) is 0 Å². The van der Waals surface area contributed by atoms with Gasteiger partial charge >= 0.3 is 0 Å². The third kappa shape index (κ3) is 5.17. The quantitative estimate of drug-likeness (QED) is 0.332. The number of hydrogen-bond acceptors (Lipinski definition) is 7. The van der Waals surface area contributed by atoms with Crippen LogP contribution in [-0.4, -0.2) is 37.2 Å². The number of methoxy groups -OCH3 is 1. The number of nitrogens with one attached hydrogen (secondary N) is 1. The summed E-state index contributed by atoms with van der Waals surface area (Å²) in [6.45, 7) is 7.09. The van der Waals surface area contributed by atoms with Crippen LogP contribution in [0, 0.1) is 0 Å². The summed E-state index contributed by atoms with van der Waals surface area (Å²) in [5.41, 5.74) is 1.73. The van der Waals surface area contributed by atoms with Gasteiger partial charge in [-0.05, 0) is 73.2 Å². The average Bonchev–Trinajstić information content (AvgIpc) is 3.57. The van der Waals surface area contributed by atoms with Crippen molar-refractivity contribution in [2.75, 3.05) is 7.11 Å². The van der Waals surface area contributed by atoms with E-state index in [4.69, 9.17) is 9.15 Å². The van der Waals surface area contributed by atoms with Crippen LogP contribution >= 0.6 is 0 Å². The SMILES string of the molecule is COc1ccc2[nH]c(=O)c(C(c3nnnn3C(C)(C)C)N(Cc3ccccc3)Cc3ccco3)cc2c1. The molecule has 0 spiro atoms. The molecule has 9 heteroatoms. The number of aromatic nitrogens is 5. The standard InChI is InChI=1S/C28H30N6O3/c1-28(2,3)34-26(30-31-32-34)25(23-16-20-15-21(36-4)12-13-24(20)29-27(23)35)33(18-22-11-8-14-37-22)17-19-9-6-5-7-10-19/h5-16,25H,17-18H2,1-4H3,(H,29,35). The molecule has 0 aliphatic rings. The Morgan fingerprint density at radius 3 is 2.57 bits per heavy atom. The summed E-state index contributed by atoms with van der Waals surface area (Å²) in [6.07, 6.45) is 1.65. The van der Waals surface area contributed by atoms with Gasteiger partial charge in [0.25, 0.3) is 5.56 Å². The average molecular weight is 499 g/mol. The molecule has 0 aliphatic carbocycles. The van der Waals surface area contributed by atoms with Crippen molar-refractivity contribution < 1.29 is 9.15 Å². The number of aromatic amines is 1. The fourth-order valence-electron chi connectivity index (χ4n) is 4.53. The number of furan rings is 1. The second kappa shape index (κ2) is 10.0. The van der Waals surface area contributed by atoms with Crippen LogP contribution in [0.3, 0.4) is 0 Å². The first-order valence-electron chi connectivity index (χ1n) is 12.1. The number of ether oxygens (including phenoxy) is 1. The second-order valence-corrected chi connectivity index (χ2v) is 10.00. The fraction of sp³-hybridized carbons (Fsp3) is 0.286. The molecule has 0 radical (unpaired) electrons. The summed E-state index contributed by atoms with van der Waals surface area (Å²) >= 11 is 0. The fourth-order valence-corrected chi connectivity index (χ4v) is 4.53. The third-order valence-corrected chi connectivity index (χ3v) is 6.28. The normalized spacial score (nSPS) is 12.8. The number of nitrogens with zero attached hydrogens (tertiary/aromatic N) is 5. The van der Waals surface area contributed by atoms with E-state index in [1.165, 1.54) is 0 Å². The van der Waals surface area contributed by atoms with Crippen LogP contribution in [0.2, 0.25) is 0 Å². The van der Waals surface area contributed by atoms with Gasteiger partial charge in [0.1, 0.15) is 17.6 Å². The Morgan fingerprint density at radius 1 is 1.05 bits per heavy atom. The maximum absolute atomic E-state index is 13.6. The molecule has 0 amide bonds. The molecule has 5 aromatic rings. The van der Waals surface area contributed by atoms with Gasteiger partial charge in [-0.3, -0.25) is 9.69 Å². The smallest absolute Gasteiger partial charge is 0.253 e. The Morgan fingerprint density at radius 2 is 1.86 bits per heavy atom. The van der Waals surface area contributed by atoms with E-state index in [1.54, 1.807) is 18.1 Å². The Kier molecular flexibility index (Phi) is 6.62. The van der Waals surface area contributed by atoms with E-state index in [0.717, 1.165) is 22.2 Å². The lowest BCUT2D eigenvalue weighted by Crippen LogP contribution is -2.37. The van der Waals surface area contributed by atoms with Crippen LogP contribution < -0.4 is 10.3 Å². The Hall–Kier alpha value is -4.24. The molecule has 1 N–H and O–H groups in total. The number of rotatable bonds is 8. The van der Waals surface area contributed by atoms with Crippen molar-refractivity contribution in [2.45, 2.75) is 45.4 Å². The van der Waals surface area contributed by atoms with E-state index in [9.17, 15) is 4.79 Å². The molecule has 0 fully saturated rings. The first-order valence-corrected chi connectivity index (χ1v) is 12.1. The lowest BCUT2D eigenvalue weighted by atomic mass is 10.0. The number of tetrazole rings is 1. The lowest BCUT2D eigenvalue weighted by molar-refractivity contribution is 0.171. The highest BCUT2D eigenvalue weighted by molar-refractivity contribution is 5.80. The van der Waals surface area contributed by atoms with Crippen LogP contribution in [0.25, 0.3) is 10.9 Å². The molecule has 9 nitrogen and oxygen atoms in total. The van der Waals surface area contributed by atoms with E-state index in [-0.39, 0.29) is 5.56 Å². The predicted molar refractivity (Wildman–Crippen MR) is 140 cm³/mol. The third-order valence-electron chi connectivity index (χ3n) is 6.28. The topological polar surface area (TPSA) is 102 Å². The number of H-pyrrole nitrogens is 1. The van der Waals surface area contributed by atoms with Gasteiger partial charge in [-0.2, -0.15) is 0 Å². The van der Waals surface area contributed by atoms with Crippen molar-refractivity contribution >= 4 is 10.9 Å². The predicted octanol–water partition coefficient (Wildman–Crippen LogP) is 4.66. The summed E-state index contributed by atoms with van der Waals surface area (Å²) < 4.78 is 12.9. The van der Waals surface area contributed by atoms with E-state index in [2.05, 4.69) is 37.5 Å². The Balaban J connectivity index is 1.73. The minimum absolute atomic E-state index is 0.205. The zero-order valence-corrected chi connectivity index (χ0v) is 21.4. The molecule has 3 heterocycles. The van der Waals surface area contributed by atoms with E-state index in [1.807, 2.05) is 75.4 Å². The van der Waals surface area contributed by atoms with Crippen molar-refractivity contribution in [3.05, 3.63) is 106 Å². The van der Waals surface area contributed by atoms with E-state index in [0.29, 0.717) is 30.2 Å². The zero-order chi connectivity index (χ0) is 26.0. The first-order chi connectivity index (χ1) is 17.8. The van der Waals surface area contributed by atoms with Crippen molar-refractivity contribution in [1.29, 1.82) is 0 Å². The molecule has 0 aliphatic heterocycles. The maximum Gasteiger partial charge on any atom is 0.253 e. The first kappa shape index (κ1) is 24.5. The van der Waals surface area contributed by atoms with Crippen LogP contribution in [0.4, 0.5) is 0 Å². The largest absolute Gasteiger partial charge is 0.497 e. The van der Waals surface area contributed by atoms with Crippen LogP contribution in [0.1, 0.15) is 49.5 Å². The molecule has 0 saturated heterocycles. The number of pyridine rings is 1. The molecule has 5 rings (SSSR count). The molecule has 0 bridgehead atoms. The molecule has 2 aromatic carbocycles. The van der Waals surface area contributed by atoms with Crippen molar-refractivity contribution in [1.82, 2.24) is 30.1 Å². The van der Waals surface area contributed by atoms with Gasteiger partial charge in [0.15, 0.2) is 5.82 Å². The highest BCUT2D eigenvalue weighted by atomic mass is 16.5. The summed E-state index contributed by atoms with van der Waals surface area (Å²) in [5.74, 6) is 2.05. The van der Waals surface area contributed by atoms with Gasteiger partial charge < -0.3 is 14.1 Å². The van der Waals surface area contributed by atoms with Gasteiger partial charge in [-0.15, -0.1) is 5.10 Å². The molecule has 190 valence electrons. The van der Waals surface area contributed by atoms with Gasteiger partial charge in [-0.1, -0.05) is 30.3 Å². The highest BCUT2D eigenvalue weighted by Gasteiger charge is 2.34. The number of hydrogen-bond donors (Lipinski definition) is 1. The van der Waals surface area contributed by atoms with Crippen LogP contribution in [-0.2, 0) is 18.6 Å². The van der Waals surface area contributed by atoms with Gasteiger partial charge in [-0.25, -0.2) is 4.68 Å². The van der Waals surface area contributed by atoms with Crippen LogP contribution in [0.5, 0.6) is 5.75 Å². The minimum atomic E-state index is -0.570. The Labute approximate surface area is 214 Å². The molecule has 1 unspecified atom stereocenters. The highest BCUT2D eigenvalue weighted by Crippen LogP contribution is 2.32. The molecule has 1 atom stereocenters. The molecular formula is C28H30N6O3. The lowest BCUT2D eigenvalue weighted by Gasteiger charge is -2.32. The minimum Gasteiger partial charge on any atom is -0.497 e. The summed E-state index contributed by atoms with van der Waals surface area (Å²) in [6, 6.07) is 20.8. The molecule has 0 saturated carbocycles. The maximum atomic E-state index is 13.6. The summed E-state index contributed by atoms with van der Waals surface area (Å²) in [4.78, 5) is 18.8. The zero-order valence-electron chi connectivity index (χ0n) is 21.4. The van der Waals surface area contributed by atoms with Gasteiger partial charge in [0, 0.05) is 23.0 Å². The number of fused-ring (bicyclic) bond motifs is 1. The van der Waals surface area contributed by atoms with Crippen molar-refractivity contribution in [3.63, 3.8) is 0 Å². The molecule has 3 aromatic heterocycles. The summed E-state index contributed by atoms with van der Waals surface area (Å²) in [5, 5.41) is 13.6. The number of benzene rings is 2. The second-order valence-electron chi connectivity index (χ2n) is 10.00. The molecular weight excluding hydrogens is 468 g/mol. The van der Waals surface area contributed by atoms with Gasteiger partial charge in [0.2, 0.25) is 0 Å². The Bertz CT molecular complexity index is 1530. The summed E-state index contributed by atoms with van der Waals surface area (Å²) in [7, 11) is 1.62. The van der Waals surface area contributed by atoms with Crippen LogP contribution in [0.15, 0.2) is 82.2 Å². The van der Waals surface area contributed by atoms with E-state index >= 15 is 0 Å². The van der Waals surface area contributed by atoms with E-state index < -0.39 is 11.6 Å². The van der Waals surface area contributed by atoms with Crippen molar-refractivity contribution in [3.8, 4) is 5.75 Å².